The number of hydrogen-bond acceptors (Lipinski definition) is 2. The topological polar surface area (TPSA) is 58.2 Å². The van der Waals surface area contributed by atoms with Crippen molar-refractivity contribution in [3.8, 4) is 0 Å². The molecule has 0 aromatic rings. The zero-order valence-corrected chi connectivity index (χ0v) is 8.92. The van der Waals surface area contributed by atoms with Crippen LogP contribution in [0.5, 0.6) is 0 Å². The lowest BCUT2D eigenvalue weighted by molar-refractivity contribution is -0.139. The lowest BCUT2D eigenvalue weighted by atomic mass is 9.95. The number of carbonyl (C=O) groups is 2. The summed E-state index contributed by atoms with van der Waals surface area (Å²) in [6, 6.07) is 0.478. The second kappa shape index (κ2) is 4.64. The number of carbonyl (C=O) groups excluding carboxylic acids is 2. The van der Waals surface area contributed by atoms with Gasteiger partial charge in [-0.25, -0.2) is 0 Å². The van der Waals surface area contributed by atoms with Gasteiger partial charge in [-0.2, -0.15) is 0 Å². The van der Waals surface area contributed by atoms with Crippen LogP contribution in [0.15, 0.2) is 0 Å². The number of hydrogen-bond donors (Lipinski definition) is 2. The molecule has 0 aliphatic heterocycles. The van der Waals surface area contributed by atoms with Gasteiger partial charge in [0.05, 0.1) is 0 Å². The first-order chi connectivity index (χ1) is 7.25. The molecule has 84 valence electrons. The molecular weight excluding hydrogens is 192 g/mol. The molecule has 0 aromatic heterocycles. The molecule has 4 nitrogen and oxygen atoms in total. The van der Waals surface area contributed by atoms with Crippen LogP contribution in [0.2, 0.25) is 0 Å². The van der Waals surface area contributed by atoms with E-state index in [1.807, 2.05) is 0 Å². The van der Waals surface area contributed by atoms with Crippen LogP contribution in [-0.2, 0) is 9.59 Å². The van der Waals surface area contributed by atoms with E-state index in [-0.39, 0.29) is 12.1 Å². The van der Waals surface area contributed by atoms with Crippen molar-refractivity contribution in [1.29, 1.82) is 0 Å². The monoisotopic (exact) mass is 210 g/mol. The molecule has 0 saturated heterocycles. The predicted molar refractivity (Wildman–Crippen MR) is 56.2 cm³/mol. The molecule has 0 bridgehead atoms. The van der Waals surface area contributed by atoms with Crippen LogP contribution >= 0.6 is 0 Å². The Labute approximate surface area is 89.8 Å². The standard InChI is InChI=1S/C11H18N2O2/c14-10(11(15)13-9-6-7-9)12-8-4-2-1-3-5-8/h8-9H,1-7H2,(H,12,14)(H,13,15). The van der Waals surface area contributed by atoms with Crippen molar-refractivity contribution < 1.29 is 9.59 Å². The Hall–Kier alpha value is -1.06. The number of amides is 2. The lowest BCUT2D eigenvalue weighted by Gasteiger charge is -2.22. The molecular formula is C11H18N2O2. The van der Waals surface area contributed by atoms with Gasteiger partial charge in [0.2, 0.25) is 0 Å². The predicted octanol–water partition coefficient (Wildman–Crippen LogP) is 0.714. The van der Waals surface area contributed by atoms with Crippen LogP contribution in [-0.4, -0.2) is 23.9 Å². The van der Waals surface area contributed by atoms with Crippen molar-refractivity contribution in [1.82, 2.24) is 10.6 Å². The molecule has 0 atom stereocenters. The molecule has 2 saturated carbocycles. The third-order valence-corrected chi connectivity index (χ3v) is 3.06. The molecule has 0 spiro atoms. The molecule has 2 aliphatic rings. The minimum absolute atomic E-state index is 0.219. The summed E-state index contributed by atoms with van der Waals surface area (Å²) in [6.07, 6.45) is 7.64. The van der Waals surface area contributed by atoms with E-state index >= 15 is 0 Å². The first kappa shape index (κ1) is 10.5. The number of rotatable bonds is 2. The van der Waals surface area contributed by atoms with Gasteiger partial charge < -0.3 is 10.6 Å². The first-order valence-corrected chi connectivity index (χ1v) is 5.87. The Balaban J connectivity index is 1.71. The fourth-order valence-corrected chi connectivity index (χ4v) is 1.98. The van der Waals surface area contributed by atoms with Crippen LogP contribution < -0.4 is 10.6 Å². The molecule has 4 heteroatoms. The van der Waals surface area contributed by atoms with Crippen LogP contribution in [0.25, 0.3) is 0 Å². The van der Waals surface area contributed by atoms with E-state index in [1.54, 1.807) is 0 Å². The minimum atomic E-state index is -0.455. The van der Waals surface area contributed by atoms with Crippen LogP contribution in [0.4, 0.5) is 0 Å². The normalized spacial score (nSPS) is 22.1. The molecule has 2 fully saturated rings. The molecule has 0 aromatic carbocycles. The maximum atomic E-state index is 11.5. The maximum absolute atomic E-state index is 11.5. The highest BCUT2D eigenvalue weighted by Crippen LogP contribution is 2.19. The van der Waals surface area contributed by atoms with Crippen molar-refractivity contribution in [2.75, 3.05) is 0 Å². The largest absolute Gasteiger partial charge is 0.345 e. The van der Waals surface area contributed by atoms with Crippen molar-refractivity contribution in [2.45, 2.75) is 57.0 Å². The minimum Gasteiger partial charge on any atom is -0.345 e. The van der Waals surface area contributed by atoms with E-state index in [9.17, 15) is 9.59 Å². The highest BCUT2D eigenvalue weighted by molar-refractivity contribution is 6.35. The summed E-state index contributed by atoms with van der Waals surface area (Å²) in [4.78, 5) is 22.8. The van der Waals surface area contributed by atoms with E-state index in [1.165, 1.54) is 6.42 Å². The van der Waals surface area contributed by atoms with Gasteiger partial charge in [-0.15, -0.1) is 0 Å². The molecule has 0 unspecified atom stereocenters. The van der Waals surface area contributed by atoms with E-state index in [4.69, 9.17) is 0 Å². The summed E-state index contributed by atoms with van der Waals surface area (Å²) >= 11 is 0. The highest BCUT2D eigenvalue weighted by Gasteiger charge is 2.27. The lowest BCUT2D eigenvalue weighted by Crippen LogP contribution is -2.45. The Morgan fingerprint density at radius 1 is 0.733 bits per heavy atom. The molecule has 2 aliphatic carbocycles. The average molecular weight is 210 g/mol. The fraction of sp³-hybridized carbons (Fsp3) is 0.818. The van der Waals surface area contributed by atoms with E-state index < -0.39 is 11.8 Å². The van der Waals surface area contributed by atoms with Gasteiger partial charge in [-0.1, -0.05) is 19.3 Å². The zero-order valence-electron chi connectivity index (χ0n) is 8.92. The second-order valence-corrected chi connectivity index (χ2v) is 4.56. The SMILES string of the molecule is O=C(NC1CCCCC1)C(=O)NC1CC1. The molecule has 0 radical (unpaired) electrons. The Morgan fingerprint density at radius 2 is 1.20 bits per heavy atom. The molecule has 0 heterocycles. The van der Waals surface area contributed by atoms with Gasteiger partial charge in [-0.05, 0) is 25.7 Å². The molecule has 2 rings (SSSR count). The van der Waals surface area contributed by atoms with Crippen LogP contribution in [0.1, 0.15) is 44.9 Å². The average Bonchev–Trinajstić information content (AvgIpc) is 3.03. The second-order valence-electron chi connectivity index (χ2n) is 4.56. The van der Waals surface area contributed by atoms with E-state index in [2.05, 4.69) is 10.6 Å². The zero-order chi connectivity index (χ0) is 10.7. The smallest absolute Gasteiger partial charge is 0.309 e. The van der Waals surface area contributed by atoms with Crippen LogP contribution in [0.3, 0.4) is 0 Å². The fourth-order valence-electron chi connectivity index (χ4n) is 1.98. The van der Waals surface area contributed by atoms with Crippen molar-refractivity contribution in [3.63, 3.8) is 0 Å². The first-order valence-electron chi connectivity index (χ1n) is 5.87. The third-order valence-electron chi connectivity index (χ3n) is 3.06. The van der Waals surface area contributed by atoms with Gasteiger partial charge in [0.1, 0.15) is 0 Å². The Morgan fingerprint density at radius 3 is 1.67 bits per heavy atom. The summed E-state index contributed by atoms with van der Waals surface area (Å²) < 4.78 is 0. The van der Waals surface area contributed by atoms with E-state index in [0.29, 0.717) is 0 Å². The summed E-state index contributed by atoms with van der Waals surface area (Å²) in [5, 5.41) is 5.49. The van der Waals surface area contributed by atoms with Gasteiger partial charge in [0.25, 0.3) is 0 Å². The Kier molecular flexibility index (Phi) is 3.23. The van der Waals surface area contributed by atoms with Crippen molar-refractivity contribution >= 4 is 11.8 Å². The van der Waals surface area contributed by atoms with Gasteiger partial charge in [-0.3, -0.25) is 9.59 Å². The summed E-state index contributed by atoms with van der Waals surface area (Å²) in [5.41, 5.74) is 0. The summed E-state index contributed by atoms with van der Waals surface area (Å²) in [7, 11) is 0. The quantitative estimate of drug-likeness (QED) is 0.660. The highest BCUT2D eigenvalue weighted by atomic mass is 16.2. The number of nitrogens with one attached hydrogen (secondary N) is 2. The summed E-state index contributed by atoms with van der Waals surface area (Å²) in [6.45, 7) is 0. The van der Waals surface area contributed by atoms with E-state index in [0.717, 1.165) is 38.5 Å². The van der Waals surface area contributed by atoms with Gasteiger partial charge in [0.15, 0.2) is 0 Å². The molecule has 15 heavy (non-hydrogen) atoms. The van der Waals surface area contributed by atoms with Crippen LogP contribution in [0, 0.1) is 0 Å². The Bertz CT molecular complexity index is 255. The maximum Gasteiger partial charge on any atom is 0.309 e. The van der Waals surface area contributed by atoms with Crippen molar-refractivity contribution in [3.05, 3.63) is 0 Å². The molecule has 2 N–H and O–H groups in total. The van der Waals surface area contributed by atoms with Gasteiger partial charge >= 0.3 is 11.8 Å². The molecule has 2 amide bonds. The van der Waals surface area contributed by atoms with Crippen molar-refractivity contribution in [2.24, 2.45) is 0 Å². The summed E-state index contributed by atoms with van der Waals surface area (Å²) in [5.74, 6) is -0.906. The van der Waals surface area contributed by atoms with Gasteiger partial charge in [0, 0.05) is 12.1 Å². The third kappa shape index (κ3) is 3.22.